The van der Waals surface area contributed by atoms with Crippen molar-refractivity contribution in [2.45, 2.75) is 59.5 Å². The topological polar surface area (TPSA) is 275 Å². The molecule has 2 fully saturated rings. The van der Waals surface area contributed by atoms with Gasteiger partial charge in [-0.2, -0.15) is 15.8 Å². The van der Waals surface area contributed by atoms with Crippen molar-refractivity contribution in [2.24, 2.45) is 5.41 Å². The summed E-state index contributed by atoms with van der Waals surface area (Å²) in [7, 11) is 0. The van der Waals surface area contributed by atoms with E-state index in [1.807, 2.05) is 53.7 Å². The largest absolute Gasteiger partial charge is 0.481 e. The summed E-state index contributed by atoms with van der Waals surface area (Å²) in [5.74, 6) is -4.84. The number of anilines is 3. The van der Waals surface area contributed by atoms with Crippen LogP contribution in [0, 0.1) is 39.4 Å². The van der Waals surface area contributed by atoms with Crippen LogP contribution in [0.4, 0.5) is 17.1 Å². The molecule has 2 aliphatic heterocycles. The Morgan fingerprint density at radius 1 is 0.554 bits per heavy atom. The smallest absolute Gasteiger partial charge is 0.348 e. The van der Waals surface area contributed by atoms with Gasteiger partial charge in [-0.05, 0) is 99.0 Å². The fourth-order valence-electron chi connectivity index (χ4n) is 7.05. The van der Waals surface area contributed by atoms with Crippen molar-refractivity contribution in [3.05, 3.63) is 106 Å². The maximum Gasteiger partial charge on any atom is 0.348 e. The molecule has 2 saturated heterocycles. The van der Waals surface area contributed by atoms with Crippen LogP contribution in [0.2, 0.25) is 0 Å². The van der Waals surface area contributed by atoms with Crippen LogP contribution in [0.5, 0.6) is 0 Å². The molecular formula is C54H58N6O14. The van der Waals surface area contributed by atoms with Gasteiger partial charge in [0.25, 0.3) is 0 Å². The molecule has 2 atom stereocenters. The lowest BCUT2D eigenvalue weighted by molar-refractivity contribution is -0.155. The highest BCUT2D eigenvalue weighted by molar-refractivity contribution is 5.99. The predicted octanol–water partition coefficient (Wildman–Crippen LogP) is 5.98. The summed E-state index contributed by atoms with van der Waals surface area (Å²) in [6.07, 6.45) is 3.20. The van der Waals surface area contributed by atoms with E-state index in [-0.39, 0.29) is 48.9 Å². The molecule has 0 radical (unpaired) electrons. The van der Waals surface area contributed by atoms with Crippen LogP contribution in [0.3, 0.4) is 0 Å². The SMILES string of the molecule is CCN(CCC(=O)O)c1ccc(/C=C(\C#N)C(=O)OCC(C)(COC(=O)/C(C#N)=C/c2ccc(N(CC)CCC(=O)OC3CO3)cc2)COC(=O)/C(C#N)=C/c2ccc(N(CC)CCC(=O)OC3CO3)cc2)cc1. The predicted molar refractivity (Wildman–Crippen MR) is 268 cm³/mol. The van der Waals surface area contributed by atoms with Crippen LogP contribution < -0.4 is 14.7 Å². The first kappa shape index (κ1) is 56.4. The normalized spacial score (nSPS) is 15.6. The van der Waals surface area contributed by atoms with Gasteiger partial charge in [0.15, 0.2) is 0 Å². The lowest BCUT2D eigenvalue weighted by atomic mass is 9.94. The third-order valence-corrected chi connectivity index (χ3v) is 11.4. The number of aliphatic carboxylic acids is 1. The number of epoxide rings is 2. The van der Waals surface area contributed by atoms with E-state index in [0.29, 0.717) is 62.6 Å². The molecule has 3 aromatic rings. The van der Waals surface area contributed by atoms with E-state index in [0.717, 1.165) is 17.1 Å². The van der Waals surface area contributed by atoms with Crippen LogP contribution in [-0.2, 0) is 61.9 Å². The zero-order valence-corrected chi connectivity index (χ0v) is 41.7. The summed E-state index contributed by atoms with van der Waals surface area (Å²) in [5.41, 5.74) is 1.06. The number of hydrogen-bond acceptors (Lipinski definition) is 19. The van der Waals surface area contributed by atoms with Gasteiger partial charge in [0, 0.05) is 56.3 Å². The second-order valence-corrected chi connectivity index (χ2v) is 17.2. The Morgan fingerprint density at radius 3 is 1.08 bits per heavy atom. The summed E-state index contributed by atoms with van der Waals surface area (Å²) >= 11 is 0. The zero-order chi connectivity index (χ0) is 53.6. The minimum atomic E-state index is -1.50. The molecule has 1 N–H and O–H groups in total. The molecule has 2 aliphatic rings. The molecule has 3 aromatic carbocycles. The van der Waals surface area contributed by atoms with Crippen LogP contribution in [0.1, 0.15) is 63.6 Å². The number of benzene rings is 3. The Hall–Kier alpha value is -8.51. The molecule has 0 spiro atoms. The van der Waals surface area contributed by atoms with E-state index in [9.17, 15) is 44.6 Å². The fourth-order valence-corrected chi connectivity index (χ4v) is 7.05. The number of hydrogen-bond donors (Lipinski definition) is 1. The maximum absolute atomic E-state index is 13.5. The van der Waals surface area contributed by atoms with Crippen LogP contribution in [0.15, 0.2) is 89.5 Å². The number of esters is 5. The number of carbonyl (C=O) groups excluding carboxylic acids is 5. The van der Waals surface area contributed by atoms with E-state index in [1.165, 1.54) is 25.2 Å². The molecule has 20 nitrogen and oxygen atoms in total. The van der Waals surface area contributed by atoms with E-state index < -0.39 is 67.3 Å². The number of nitriles is 3. The Bertz CT molecular complexity index is 2560. The number of rotatable bonds is 29. The van der Waals surface area contributed by atoms with Gasteiger partial charge in [-0.15, -0.1) is 0 Å². The quantitative estimate of drug-likeness (QED) is 0.0275. The van der Waals surface area contributed by atoms with Gasteiger partial charge >= 0.3 is 35.8 Å². The van der Waals surface area contributed by atoms with Gasteiger partial charge in [-0.25, -0.2) is 14.4 Å². The molecule has 0 bridgehead atoms. The summed E-state index contributed by atoms with van der Waals surface area (Å²) in [5, 5.41) is 39.1. The van der Waals surface area contributed by atoms with Crippen molar-refractivity contribution in [2.75, 3.05) is 87.0 Å². The van der Waals surface area contributed by atoms with Gasteiger partial charge < -0.3 is 53.0 Å². The Balaban J connectivity index is 1.28. The first-order chi connectivity index (χ1) is 35.6. The number of carboxylic acid groups (broad SMARTS) is 1. The van der Waals surface area contributed by atoms with E-state index in [2.05, 4.69) is 0 Å². The lowest BCUT2D eigenvalue weighted by Crippen LogP contribution is -2.37. The second-order valence-electron chi connectivity index (χ2n) is 17.2. The molecule has 0 aliphatic carbocycles. The lowest BCUT2D eigenvalue weighted by Gasteiger charge is -2.28. The Morgan fingerprint density at radius 2 is 0.838 bits per heavy atom. The van der Waals surface area contributed by atoms with Gasteiger partial charge in [-0.1, -0.05) is 36.4 Å². The molecule has 2 unspecified atom stereocenters. The highest BCUT2D eigenvalue weighted by Crippen LogP contribution is 2.25. The standard InChI is InChI=1S/C54H58N6O14/c1-5-58(23-20-46(61)62)43-14-8-37(9-15-43)26-40(29-55)51(65)70-34-54(4,35-71-52(66)41(30-56)27-38-10-16-44(17-11-38)59(6-2)24-21-47(63)73-49-32-68-49)36-72-53(67)42(31-57)28-39-12-18-45(19-13-39)60(7-3)25-22-48(64)74-50-33-69-50/h8-19,26-28,49-50H,5-7,20-25,32-36H2,1-4H3,(H,61,62)/b40-26+,41-27+,42-28+. The maximum atomic E-state index is 13.5. The van der Waals surface area contributed by atoms with Crippen molar-refractivity contribution in [1.82, 2.24) is 0 Å². The molecule has 20 heteroatoms. The van der Waals surface area contributed by atoms with E-state index >= 15 is 0 Å². The monoisotopic (exact) mass is 1010 g/mol. The van der Waals surface area contributed by atoms with Crippen molar-refractivity contribution in [3.8, 4) is 18.2 Å². The number of ether oxygens (including phenoxy) is 7. The molecular weight excluding hydrogens is 957 g/mol. The van der Waals surface area contributed by atoms with Crippen LogP contribution in [0.25, 0.3) is 18.2 Å². The number of carbonyl (C=O) groups is 6. The minimum absolute atomic E-state index is 0.0642. The molecule has 2 heterocycles. The third kappa shape index (κ3) is 18.3. The van der Waals surface area contributed by atoms with Crippen molar-refractivity contribution in [1.29, 1.82) is 15.8 Å². The van der Waals surface area contributed by atoms with E-state index in [1.54, 1.807) is 72.8 Å². The number of carboxylic acids is 1. The molecule has 0 aromatic heterocycles. The van der Waals surface area contributed by atoms with Crippen LogP contribution >= 0.6 is 0 Å². The van der Waals surface area contributed by atoms with Gasteiger partial charge in [-0.3, -0.25) is 14.4 Å². The van der Waals surface area contributed by atoms with Gasteiger partial charge in [0.05, 0.1) is 24.7 Å². The third-order valence-electron chi connectivity index (χ3n) is 11.4. The van der Waals surface area contributed by atoms with Gasteiger partial charge in [0.2, 0.25) is 12.6 Å². The Kier molecular flexibility index (Phi) is 21.3. The molecule has 74 heavy (non-hydrogen) atoms. The number of nitrogens with zero attached hydrogens (tertiary/aromatic N) is 6. The Labute approximate surface area is 429 Å². The molecule has 0 saturated carbocycles. The summed E-state index contributed by atoms with van der Waals surface area (Å²) < 4.78 is 36.9. The first-order valence-corrected chi connectivity index (χ1v) is 23.8. The van der Waals surface area contributed by atoms with Crippen molar-refractivity contribution >= 4 is 71.1 Å². The zero-order valence-electron chi connectivity index (χ0n) is 41.7. The molecule has 5 rings (SSSR count). The van der Waals surface area contributed by atoms with Gasteiger partial charge in [0.1, 0.15) is 68.0 Å². The van der Waals surface area contributed by atoms with Crippen molar-refractivity contribution < 1.29 is 67.0 Å². The average molecular weight is 1020 g/mol. The summed E-state index contributed by atoms with van der Waals surface area (Å²) in [4.78, 5) is 81.4. The summed E-state index contributed by atoms with van der Waals surface area (Å²) in [6.45, 7) is 9.04. The highest BCUT2D eigenvalue weighted by Gasteiger charge is 2.33. The first-order valence-electron chi connectivity index (χ1n) is 23.8. The average Bonchev–Trinajstić information content (AvgIpc) is 4.37. The minimum Gasteiger partial charge on any atom is -0.481 e. The fraction of sp³-hybridized carbons (Fsp3) is 0.389. The van der Waals surface area contributed by atoms with E-state index in [4.69, 9.17) is 38.3 Å². The van der Waals surface area contributed by atoms with Crippen molar-refractivity contribution in [3.63, 3.8) is 0 Å². The summed E-state index contributed by atoms with van der Waals surface area (Å²) in [6, 6.07) is 26.0. The highest BCUT2D eigenvalue weighted by atomic mass is 16.8. The molecule has 388 valence electrons. The second kappa shape index (κ2) is 27.9. The molecule has 0 amide bonds. The van der Waals surface area contributed by atoms with Crippen LogP contribution in [-0.4, -0.2) is 126 Å².